The van der Waals surface area contributed by atoms with Gasteiger partial charge in [-0.05, 0) is 57.0 Å². The standard InChI is InChI=1S/C18H21N5OS2/c1-23(2)10-6-9-19-17-20-12-14(25-17)11-15-16(24)22-18(26-15)21-13-7-4-3-5-8-13/h3-5,7-8,11-12H,6,9-10H2,1-2H3,(H,19,20)(H,21,22,24). The molecule has 0 radical (unpaired) electrons. The molecular formula is C18H21N5OS2. The molecule has 0 atom stereocenters. The molecule has 1 aliphatic heterocycles. The summed E-state index contributed by atoms with van der Waals surface area (Å²) >= 11 is 2.89. The number of benzene rings is 1. The van der Waals surface area contributed by atoms with Crippen molar-refractivity contribution in [2.75, 3.05) is 32.5 Å². The predicted molar refractivity (Wildman–Crippen MR) is 111 cm³/mol. The molecule has 6 nitrogen and oxygen atoms in total. The van der Waals surface area contributed by atoms with Crippen LogP contribution in [0.5, 0.6) is 0 Å². The number of rotatable bonds is 7. The lowest BCUT2D eigenvalue weighted by molar-refractivity contribution is -0.115. The Balaban J connectivity index is 1.60. The number of aromatic nitrogens is 1. The fraction of sp³-hybridized carbons (Fsp3) is 0.278. The van der Waals surface area contributed by atoms with Crippen LogP contribution >= 0.6 is 23.1 Å². The summed E-state index contributed by atoms with van der Waals surface area (Å²) in [6, 6.07) is 9.58. The van der Waals surface area contributed by atoms with Gasteiger partial charge in [-0.3, -0.25) is 4.79 Å². The van der Waals surface area contributed by atoms with Gasteiger partial charge in [0, 0.05) is 12.7 Å². The highest BCUT2D eigenvalue weighted by atomic mass is 32.2. The molecule has 1 aromatic heterocycles. The van der Waals surface area contributed by atoms with Gasteiger partial charge in [-0.1, -0.05) is 29.5 Å². The van der Waals surface area contributed by atoms with Crippen LogP contribution in [0.15, 0.2) is 46.4 Å². The summed E-state index contributed by atoms with van der Waals surface area (Å²) in [6.07, 6.45) is 4.70. The van der Waals surface area contributed by atoms with E-state index in [1.807, 2.05) is 36.4 Å². The molecule has 8 heteroatoms. The quantitative estimate of drug-likeness (QED) is 0.563. The van der Waals surface area contributed by atoms with E-state index in [0.29, 0.717) is 10.1 Å². The molecule has 26 heavy (non-hydrogen) atoms. The number of para-hydroxylation sites is 1. The predicted octanol–water partition coefficient (Wildman–Crippen LogP) is 3.40. The van der Waals surface area contributed by atoms with Gasteiger partial charge in [0.1, 0.15) is 0 Å². The zero-order valence-corrected chi connectivity index (χ0v) is 16.4. The lowest BCUT2D eigenvalue weighted by atomic mass is 10.3. The number of aliphatic imine (C=N–C) groups is 1. The summed E-state index contributed by atoms with van der Waals surface area (Å²) in [4.78, 5) is 24.7. The summed E-state index contributed by atoms with van der Waals surface area (Å²) in [7, 11) is 4.13. The number of amides is 1. The summed E-state index contributed by atoms with van der Waals surface area (Å²) in [5.74, 6) is -0.126. The highest BCUT2D eigenvalue weighted by Crippen LogP contribution is 2.30. The van der Waals surface area contributed by atoms with Crippen molar-refractivity contribution in [2.24, 2.45) is 4.99 Å². The van der Waals surface area contributed by atoms with E-state index in [-0.39, 0.29) is 5.91 Å². The summed E-state index contributed by atoms with van der Waals surface area (Å²) in [5.41, 5.74) is 0.818. The molecule has 2 aromatic rings. The van der Waals surface area contributed by atoms with Crippen LogP contribution in [0.3, 0.4) is 0 Å². The first-order valence-corrected chi connectivity index (χ1v) is 9.92. The highest BCUT2D eigenvalue weighted by molar-refractivity contribution is 8.18. The molecule has 2 N–H and O–H groups in total. The lowest BCUT2D eigenvalue weighted by Gasteiger charge is -2.08. The Morgan fingerprint density at radius 3 is 2.88 bits per heavy atom. The van der Waals surface area contributed by atoms with Crippen molar-refractivity contribution in [1.29, 1.82) is 0 Å². The van der Waals surface area contributed by atoms with Crippen molar-refractivity contribution < 1.29 is 4.79 Å². The number of nitrogens with one attached hydrogen (secondary N) is 2. The van der Waals surface area contributed by atoms with Crippen LogP contribution in [0, 0.1) is 0 Å². The monoisotopic (exact) mass is 387 g/mol. The number of thiazole rings is 1. The summed E-state index contributed by atoms with van der Waals surface area (Å²) < 4.78 is 0. The van der Waals surface area contributed by atoms with Crippen LogP contribution in [0.2, 0.25) is 0 Å². The van der Waals surface area contributed by atoms with Crippen LogP contribution in [0.4, 0.5) is 10.8 Å². The van der Waals surface area contributed by atoms with Crippen LogP contribution in [-0.4, -0.2) is 48.1 Å². The van der Waals surface area contributed by atoms with Crippen LogP contribution < -0.4 is 10.6 Å². The fourth-order valence-corrected chi connectivity index (χ4v) is 3.95. The van der Waals surface area contributed by atoms with Gasteiger partial charge in [-0.2, -0.15) is 0 Å². The molecule has 1 aromatic carbocycles. The third-order valence-corrected chi connectivity index (χ3v) is 5.30. The maximum atomic E-state index is 12.1. The molecule has 0 bridgehead atoms. The maximum Gasteiger partial charge on any atom is 0.264 e. The summed E-state index contributed by atoms with van der Waals surface area (Å²) in [5, 5.41) is 7.59. The van der Waals surface area contributed by atoms with Crippen molar-refractivity contribution in [3.05, 3.63) is 46.3 Å². The molecule has 0 saturated carbocycles. The van der Waals surface area contributed by atoms with E-state index in [9.17, 15) is 4.79 Å². The number of nitrogens with zero attached hydrogens (tertiary/aromatic N) is 3. The normalized spacial score (nSPS) is 17.3. The molecule has 1 fully saturated rings. The minimum Gasteiger partial charge on any atom is -0.361 e. The Morgan fingerprint density at radius 2 is 2.12 bits per heavy atom. The van der Waals surface area contributed by atoms with Crippen LogP contribution in [-0.2, 0) is 4.79 Å². The average Bonchev–Trinajstić information content (AvgIpc) is 3.19. The molecule has 0 aliphatic carbocycles. The van der Waals surface area contributed by atoms with Gasteiger partial charge in [0.25, 0.3) is 5.91 Å². The van der Waals surface area contributed by atoms with E-state index >= 15 is 0 Å². The van der Waals surface area contributed by atoms with Crippen molar-refractivity contribution in [3.8, 4) is 0 Å². The first-order chi connectivity index (χ1) is 12.6. The van der Waals surface area contributed by atoms with E-state index in [1.54, 1.807) is 17.5 Å². The Labute approximate surface area is 161 Å². The lowest BCUT2D eigenvalue weighted by Crippen LogP contribution is -2.19. The first kappa shape index (κ1) is 18.6. The van der Waals surface area contributed by atoms with Gasteiger partial charge in [-0.25, -0.2) is 9.98 Å². The second-order valence-corrected chi connectivity index (χ2v) is 8.06. The number of hydrogen-bond acceptors (Lipinski definition) is 7. The Hall–Kier alpha value is -2.16. The zero-order chi connectivity index (χ0) is 18.4. The number of carbonyl (C=O) groups is 1. The first-order valence-electron chi connectivity index (χ1n) is 8.29. The second-order valence-electron chi connectivity index (χ2n) is 5.97. The molecule has 3 rings (SSSR count). The van der Waals surface area contributed by atoms with E-state index in [0.717, 1.165) is 35.2 Å². The fourth-order valence-electron chi connectivity index (χ4n) is 2.26. The Morgan fingerprint density at radius 1 is 1.31 bits per heavy atom. The number of anilines is 1. The van der Waals surface area contributed by atoms with E-state index in [2.05, 4.69) is 39.6 Å². The third kappa shape index (κ3) is 5.42. The SMILES string of the molecule is CN(C)CCCNc1ncc(C=C2SC(=Nc3ccccc3)NC2=O)s1. The van der Waals surface area contributed by atoms with Gasteiger partial charge in [-0.15, -0.1) is 0 Å². The van der Waals surface area contributed by atoms with E-state index < -0.39 is 0 Å². The Kier molecular flexibility index (Phi) is 6.43. The molecule has 1 saturated heterocycles. The Bertz CT molecular complexity index is 814. The van der Waals surface area contributed by atoms with Gasteiger partial charge >= 0.3 is 0 Å². The molecule has 0 unspecified atom stereocenters. The molecule has 1 amide bonds. The van der Waals surface area contributed by atoms with Gasteiger partial charge < -0.3 is 15.5 Å². The number of hydrogen-bond donors (Lipinski definition) is 2. The molecule has 2 heterocycles. The largest absolute Gasteiger partial charge is 0.361 e. The van der Waals surface area contributed by atoms with Crippen molar-refractivity contribution in [1.82, 2.24) is 15.2 Å². The van der Waals surface area contributed by atoms with Crippen LogP contribution in [0.1, 0.15) is 11.3 Å². The average molecular weight is 388 g/mol. The minimum absolute atomic E-state index is 0.126. The van der Waals surface area contributed by atoms with Gasteiger partial charge in [0.05, 0.1) is 15.5 Å². The molecule has 136 valence electrons. The molecule has 0 spiro atoms. The van der Waals surface area contributed by atoms with Crippen LogP contribution in [0.25, 0.3) is 6.08 Å². The summed E-state index contributed by atoms with van der Waals surface area (Å²) in [6.45, 7) is 1.92. The molecular weight excluding hydrogens is 366 g/mol. The maximum absolute atomic E-state index is 12.1. The van der Waals surface area contributed by atoms with Crippen molar-refractivity contribution in [3.63, 3.8) is 0 Å². The minimum atomic E-state index is -0.126. The number of carbonyl (C=O) groups excluding carboxylic acids is 1. The van der Waals surface area contributed by atoms with E-state index in [4.69, 9.17) is 0 Å². The zero-order valence-electron chi connectivity index (χ0n) is 14.7. The third-order valence-electron chi connectivity index (χ3n) is 3.49. The van der Waals surface area contributed by atoms with Gasteiger partial charge in [0.2, 0.25) is 0 Å². The second kappa shape index (κ2) is 8.98. The molecule has 1 aliphatic rings. The van der Waals surface area contributed by atoms with Crippen molar-refractivity contribution >= 4 is 51.1 Å². The highest BCUT2D eigenvalue weighted by Gasteiger charge is 2.24. The number of amidine groups is 1. The number of thioether (sulfide) groups is 1. The smallest absolute Gasteiger partial charge is 0.264 e. The van der Waals surface area contributed by atoms with E-state index in [1.165, 1.54) is 11.8 Å². The van der Waals surface area contributed by atoms with Gasteiger partial charge in [0.15, 0.2) is 10.3 Å². The van der Waals surface area contributed by atoms with Crippen molar-refractivity contribution in [2.45, 2.75) is 6.42 Å². The topological polar surface area (TPSA) is 69.6 Å².